The van der Waals surface area contributed by atoms with Gasteiger partial charge in [0.1, 0.15) is 0 Å². The summed E-state index contributed by atoms with van der Waals surface area (Å²) in [5, 5.41) is 12.8. The van der Waals surface area contributed by atoms with E-state index in [0.29, 0.717) is 12.1 Å². The number of hydrogen-bond donors (Lipinski definition) is 2. The van der Waals surface area contributed by atoms with Crippen molar-refractivity contribution in [3.05, 3.63) is 29.3 Å². The lowest BCUT2D eigenvalue weighted by molar-refractivity contribution is 0.0368. The van der Waals surface area contributed by atoms with Gasteiger partial charge in [0, 0.05) is 26.3 Å². The quantitative estimate of drug-likeness (QED) is 0.858. The number of carbonyl (C=O) groups excluding carboxylic acids is 1. The van der Waals surface area contributed by atoms with E-state index in [1.54, 1.807) is 27.9 Å². The van der Waals surface area contributed by atoms with Crippen LogP contribution < -0.4 is 5.32 Å². The third-order valence-electron chi connectivity index (χ3n) is 2.65. The number of hydrogen-bond acceptors (Lipinski definition) is 3. The summed E-state index contributed by atoms with van der Waals surface area (Å²) < 4.78 is 0. The zero-order valence-electron chi connectivity index (χ0n) is 11.7. The number of amides is 1. The highest BCUT2D eigenvalue weighted by Crippen LogP contribution is 2.19. The van der Waals surface area contributed by atoms with Crippen LogP contribution in [0.3, 0.4) is 0 Å². The van der Waals surface area contributed by atoms with Crippen molar-refractivity contribution in [3.63, 3.8) is 0 Å². The minimum Gasteiger partial charge on any atom is -0.389 e. The van der Waals surface area contributed by atoms with Crippen molar-refractivity contribution in [2.24, 2.45) is 0 Å². The highest BCUT2D eigenvalue weighted by molar-refractivity contribution is 5.99. The topological polar surface area (TPSA) is 52.6 Å². The largest absolute Gasteiger partial charge is 0.389 e. The van der Waals surface area contributed by atoms with Crippen LogP contribution in [0.1, 0.15) is 29.8 Å². The Kier molecular flexibility index (Phi) is 4.35. The molecule has 0 fully saturated rings. The van der Waals surface area contributed by atoms with Crippen molar-refractivity contribution in [2.75, 3.05) is 26.0 Å². The van der Waals surface area contributed by atoms with Crippen LogP contribution in [-0.2, 0) is 0 Å². The Bertz CT molecular complexity index is 436. The van der Waals surface area contributed by atoms with Gasteiger partial charge in [-0.15, -0.1) is 0 Å². The lowest BCUT2D eigenvalue weighted by Gasteiger charge is -2.26. The third kappa shape index (κ3) is 3.74. The van der Waals surface area contributed by atoms with Crippen LogP contribution in [0.15, 0.2) is 18.2 Å². The molecule has 0 spiro atoms. The van der Waals surface area contributed by atoms with Gasteiger partial charge in [-0.3, -0.25) is 4.79 Å². The van der Waals surface area contributed by atoms with Gasteiger partial charge in [0.2, 0.25) is 0 Å². The molecular formula is C14H22N2O2. The molecule has 0 saturated heterocycles. The molecule has 4 nitrogen and oxygen atoms in total. The molecule has 100 valence electrons. The zero-order valence-corrected chi connectivity index (χ0v) is 11.7. The lowest BCUT2D eigenvalue weighted by atomic mass is 10.1. The molecule has 0 atom stereocenters. The molecule has 0 aliphatic rings. The Labute approximate surface area is 109 Å². The average Bonchev–Trinajstić information content (AvgIpc) is 2.25. The summed E-state index contributed by atoms with van der Waals surface area (Å²) in [4.78, 5) is 13.9. The van der Waals surface area contributed by atoms with E-state index in [4.69, 9.17) is 0 Å². The summed E-state index contributed by atoms with van der Waals surface area (Å²) in [5.74, 6) is -0.0924. The standard InChI is InChI=1S/C14H22N2O2/c1-10-6-7-12(15-4)11(8-10)13(17)16(5)9-14(2,3)18/h6-8,15,18H,9H2,1-5H3. The molecule has 0 aromatic heterocycles. The van der Waals surface area contributed by atoms with E-state index in [9.17, 15) is 9.90 Å². The second-order valence-corrected chi connectivity index (χ2v) is 5.27. The van der Waals surface area contributed by atoms with Crippen molar-refractivity contribution in [1.82, 2.24) is 4.90 Å². The highest BCUT2D eigenvalue weighted by Gasteiger charge is 2.21. The molecule has 1 aromatic carbocycles. The maximum atomic E-state index is 12.3. The molecule has 0 aliphatic carbocycles. The Morgan fingerprint density at radius 1 is 1.44 bits per heavy atom. The SMILES string of the molecule is CNc1ccc(C)cc1C(=O)N(C)CC(C)(C)O. The Balaban J connectivity index is 2.99. The van der Waals surface area contributed by atoms with E-state index >= 15 is 0 Å². The van der Waals surface area contributed by atoms with Crippen molar-refractivity contribution < 1.29 is 9.90 Å². The van der Waals surface area contributed by atoms with E-state index in [1.165, 1.54) is 4.90 Å². The van der Waals surface area contributed by atoms with Crippen LogP contribution in [0.4, 0.5) is 5.69 Å². The number of aliphatic hydroxyl groups is 1. The average molecular weight is 250 g/mol. The van der Waals surface area contributed by atoms with Gasteiger partial charge in [0.25, 0.3) is 5.91 Å². The molecule has 0 saturated carbocycles. The predicted molar refractivity (Wildman–Crippen MR) is 74.0 cm³/mol. The maximum absolute atomic E-state index is 12.3. The van der Waals surface area contributed by atoms with Crippen LogP contribution in [0.25, 0.3) is 0 Å². The lowest BCUT2D eigenvalue weighted by Crippen LogP contribution is -2.39. The van der Waals surface area contributed by atoms with E-state index in [1.807, 2.05) is 25.1 Å². The predicted octanol–water partition coefficient (Wildman–Crippen LogP) is 1.88. The van der Waals surface area contributed by atoms with Crippen LogP contribution >= 0.6 is 0 Å². The number of carbonyl (C=O) groups is 1. The van der Waals surface area contributed by atoms with E-state index in [0.717, 1.165) is 11.3 Å². The molecule has 0 aliphatic heterocycles. The van der Waals surface area contributed by atoms with Crippen LogP contribution in [-0.4, -0.2) is 42.2 Å². The Hall–Kier alpha value is -1.55. The molecule has 0 bridgehead atoms. The Morgan fingerprint density at radius 2 is 2.06 bits per heavy atom. The summed E-state index contributed by atoms with van der Waals surface area (Å²) >= 11 is 0. The first kappa shape index (κ1) is 14.5. The van der Waals surface area contributed by atoms with Gasteiger partial charge in [0.05, 0.1) is 11.2 Å². The number of anilines is 1. The molecule has 1 aromatic rings. The first-order valence-electron chi connectivity index (χ1n) is 6.01. The summed E-state index contributed by atoms with van der Waals surface area (Å²) in [6.07, 6.45) is 0. The number of aryl methyl sites for hydroxylation is 1. The number of rotatable bonds is 4. The molecule has 0 radical (unpaired) electrons. The van der Waals surface area contributed by atoms with E-state index < -0.39 is 5.60 Å². The normalized spacial score (nSPS) is 11.2. The summed E-state index contributed by atoms with van der Waals surface area (Å²) in [5.41, 5.74) is 1.57. The van der Waals surface area contributed by atoms with Crippen LogP contribution in [0.2, 0.25) is 0 Å². The third-order valence-corrected chi connectivity index (χ3v) is 2.65. The van der Waals surface area contributed by atoms with Gasteiger partial charge in [-0.05, 0) is 32.9 Å². The summed E-state index contributed by atoms with van der Waals surface area (Å²) in [7, 11) is 3.49. The fourth-order valence-corrected chi connectivity index (χ4v) is 1.91. The summed E-state index contributed by atoms with van der Waals surface area (Å²) in [6, 6.07) is 5.70. The molecule has 4 heteroatoms. The molecule has 18 heavy (non-hydrogen) atoms. The second kappa shape index (κ2) is 5.40. The highest BCUT2D eigenvalue weighted by atomic mass is 16.3. The smallest absolute Gasteiger partial charge is 0.255 e. The van der Waals surface area contributed by atoms with E-state index in [-0.39, 0.29) is 5.91 Å². The number of nitrogens with zero attached hydrogens (tertiary/aromatic N) is 1. The van der Waals surface area contributed by atoms with Crippen molar-refractivity contribution >= 4 is 11.6 Å². The minimum absolute atomic E-state index is 0.0924. The number of benzene rings is 1. The second-order valence-electron chi connectivity index (χ2n) is 5.27. The van der Waals surface area contributed by atoms with Crippen molar-refractivity contribution in [3.8, 4) is 0 Å². The van der Waals surface area contributed by atoms with E-state index in [2.05, 4.69) is 5.32 Å². The van der Waals surface area contributed by atoms with Gasteiger partial charge in [0.15, 0.2) is 0 Å². The van der Waals surface area contributed by atoms with Gasteiger partial charge >= 0.3 is 0 Å². The van der Waals surface area contributed by atoms with Crippen molar-refractivity contribution in [1.29, 1.82) is 0 Å². The minimum atomic E-state index is -0.895. The zero-order chi connectivity index (χ0) is 13.9. The monoisotopic (exact) mass is 250 g/mol. The van der Waals surface area contributed by atoms with Crippen LogP contribution in [0, 0.1) is 6.92 Å². The Morgan fingerprint density at radius 3 is 2.56 bits per heavy atom. The molecule has 0 unspecified atom stereocenters. The molecule has 1 rings (SSSR count). The van der Waals surface area contributed by atoms with Gasteiger partial charge < -0.3 is 15.3 Å². The summed E-state index contributed by atoms with van der Waals surface area (Å²) in [6.45, 7) is 5.62. The molecular weight excluding hydrogens is 228 g/mol. The van der Waals surface area contributed by atoms with Gasteiger partial charge in [-0.1, -0.05) is 11.6 Å². The fraction of sp³-hybridized carbons (Fsp3) is 0.500. The molecule has 1 amide bonds. The van der Waals surface area contributed by atoms with Gasteiger partial charge in [-0.2, -0.15) is 0 Å². The maximum Gasteiger partial charge on any atom is 0.255 e. The van der Waals surface area contributed by atoms with Crippen molar-refractivity contribution in [2.45, 2.75) is 26.4 Å². The van der Waals surface area contributed by atoms with Gasteiger partial charge in [-0.25, -0.2) is 0 Å². The number of nitrogens with one attached hydrogen (secondary N) is 1. The first-order chi connectivity index (χ1) is 8.24. The fourth-order valence-electron chi connectivity index (χ4n) is 1.91. The van der Waals surface area contributed by atoms with Crippen LogP contribution in [0.5, 0.6) is 0 Å². The molecule has 2 N–H and O–H groups in total. The number of likely N-dealkylation sites (N-methyl/N-ethyl adjacent to an activating group) is 1. The molecule has 0 heterocycles. The first-order valence-corrected chi connectivity index (χ1v) is 6.01.